The number of aliphatic hydroxyl groups excluding tert-OH is 2. The van der Waals surface area contributed by atoms with Gasteiger partial charge in [0.1, 0.15) is 24.1 Å². The van der Waals surface area contributed by atoms with Crippen LogP contribution < -0.4 is 5.73 Å². The van der Waals surface area contributed by atoms with Crippen molar-refractivity contribution in [2.75, 3.05) is 11.5 Å². The van der Waals surface area contributed by atoms with E-state index >= 15 is 0 Å². The summed E-state index contributed by atoms with van der Waals surface area (Å²) in [5.74, 6) is -0.282. The highest BCUT2D eigenvalue weighted by atomic mass is 32.2. The Hall–Kier alpha value is -1.95. The summed E-state index contributed by atoms with van der Waals surface area (Å²) in [7, 11) is 0. The highest BCUT2D eigenvalue weighted by Gasteiger charge is 2.44. The number of aromatic nitrogens is 4. The molecule has 2 aromatic rings. The summed E-state index contributed by atoms with van der Waals surface area (Å²) >= 11 is 1.41. The number of carbonyl (C=O) groups is 1. The molecule has 5 N–H and O–H groups in total. The van der Waals surface area contributed by atoms with Crippen molar-refractivity contribution in [3.63, 3.8) is 0 Å². The Morgan fingerprint density at radius 1 is 1.38 bits per heavy atom. The number of aliphatic carboxylic acids is 1. The number of hydrogen-bond acceptors (Lipinski definition) is 9. The number of carboxylic acid groups (broad SMARTS) is 1. The first-order valence-electron chi connectivity index (χ1n) is 8.20. The zero-order valence-corrected chi connectivity index (χ0v) is 14.9. The summed E-state index contributed by atoms with van der Waals surface area (Å²) < 4.78 is 7.35. The molecule has 3 heterocycles. The molecule has 2 aromatic heterocycles. The molecular weight excluding hydrogens is 362 g/mol. The maximum absolute atomic E-state index is 10.9. The van der Waals surface area contributed by atoms with Gasteiger partial charge in [-0.1, -0.05) is 6.92 Å². The van der Waals surface area contributed by atoms with Crippen molar-refractivity contribution in [2.24, 2.45) is 0 Å². The van der Waals surface area contributed by atoms with E-state index in [9.17, 15) is 15.0 Å². The first kappa shape index (κ1) is 18.8. The third kappa shape index (κ3) is 3.61. The second-order valence-corrected chi connectivity index (χ2v) is 7.42. The molecule has 1 fully saturated rings. The van der Waals surface area contributed by atoms with E-state index in [1.807, 2.05) is 6.92 Å². The summed E-state index contributed by atoms with van der Waals surface area (Å²) in [5.41, 5.74) is 6.56. The molecular formula is C15H21N5O5S. The number of fused-ring (bicyclic) bond motifs is 1. The molecule has 142 valence electrons. The van der Waals surface area contributed by atoms with Crippen LogP contribution in [0.25, 0.3) is 11.2 Å². The topological polar surface area (TPSA) is 157 Å². The zero-order chi connectivity index (χ0) is 18.8. The fourth-order valence-electron chi connectivity index (χ4n) is 2.90. The molecule has 1 saturated heterocycles. The normalized spacial score (nSPS) is 27.0. The summed E-state index contributed by atoms with van der Waals surface area (Å²) in [6, 6.07) is 0. The molecule has 0 aromatic carbocycles. The van der Waals surface area contributed by atoms with Gasteiger partial charge < -0.3 is 25.8 Å². The van der Waals surface area contributed by atoms with Crippen LogP contribution in [0.5, 0.6) is 0 Å². The van der Waals surface area contributed by atoms with E-state index < -0.39 is 30.5 Å². The number of nitrogens with zero attached hydrogens (tertiary/aromatic N) is 4. The summed E-state index contributed by atoms with van der Waals surface area (Å²) in [6.45, 7) is 1.91. The molecule has 26 heavy (non-hydrogen) atoms. The number of hydrogen-bond donors (Lipinski definition) is 4. The second kappa shape index (κ2) is 7.74. The van der Waals surface area contributed by atoms with Gasteiger partial charge in [-0.25, -0.2) is 15.0 Å². The lowest BCUT2D eigenvalue weighted by Gasteiger charge is -2.18. The minimum Gasteiger partial charge on any atom is -0.481 e. The van der Waals surface area contributed by atoms with E-state index in [0.29, 0.717) is 23.3 Å². The maximum Gasteiger partial charge on any atom is 0.304 e. The SMILES string of the molecule is CCC(CC(=O)O)SCC1OC(n2cnc3c(N)ncnc32)C(O)C1O. The van der Waals surface area contributed by atoms with Crippen LogP contribution in [0.3, 0.4) is 0 Å². The van der Waals surface area contributed by atoms with E-state index in [4.69, 9.17) is 15.6 Å². The number of ether oxygens (including phenoxy) is 1. The molecule has 11 heteroatoms. The molecule has 0 aliphatic carbocycles. The van der Waals surface area contributed by atoms with Crippen LogP contribution in [0.2, 0.25) is 0 Å². The molecule has 1 aliphatic heterocycles. The lowest BCUT2D eigenvalue weighted by Crippen LogP contribution is -2.33. The Bertz CT molecular complexity index is 787. The average molecular weight is 383 g/mol. The molecule has 3 rings (SSSR count). The van der Waals surface area contributed by atoms with Crippen LogP contribution in [-0.4, -0.2) is 70.1 Å². The monoisotopic (exact) mass is 383 g/mol. The third-order valence-electron chi connectivity index (χ3n) is 4.35. The minimum absolute atomic E-state index is 0.0400. The van der Waals surface area contributed by atoms with Crippen molar-refractivity contribution < 1.29 is 24.9 Å². The minimum atomic E-state index is -1.17. The Morgan fingerprint density at radius 2 is 2.15 bits per heavy atom. The number of thioether (sulfide) groups is 1. The Morgan fingerprint density at radius 3 is 2.85 bits per heavy atom. The van der Waals surface area contributed by atoms with Crippen LogP contribution in [0.4, 0.5) is 5.82 Å². The molecule has 1 aliphatic rings. The van der Waals surface area contributed by atoms with Crippen LogP contribution in [0.1, 0.15) is 26.0 Å². The summed E-state index contributed by atoms with van der Waals surface area (Å²) in [4.78, 5) is 23.0. The van der Waals surface area contributed by atoms with Gasteiger partial charge in [-0.15, -0.1) is 0 Å². The van der Waals surface area contributed by atoms with E-state index in [0.717, 1.165) is 0 Å². The molecule has 0 spiro atoms. The number of carboxylic acids is 1. The second-order valence-electron chi connectivity index (χ2n) is 6.09. The van der Waals surface area contributed by atoms with Gasteiger partial charge in [0.15, 0.2) is 17.7 Å². The zero-order valence-electron chi connectivity index (χ0n) is 14.1. The van der Waals surface area contributed by atoms with Gasteiger partial charge in [-0.2, -0.15) is 11.8 Å². The fraction of sp³-hybridized carbons (Fsp3) is 0.600. The molecule has 0 saturated carbocycles. The van der Waals surface area contributed by atoms with Gasteiger partial charge in [0.2, 0.25) is 0 Å². The van der Waals surface area contributed by atoms with Gasteiger partial charge in [-0.3, -0.25) is 9.36 Å². The summed E-state index contributed by atoms with van der Waals surface area (Å²) in [6.07, 6.45) is -0.329. The lowest BCUT2D eigenvalue weighted by molar-refractivity contribution is -0.137. The molecule has 0 bridgehead atoms. The number of anilines is 1. The van der Waals surface area contributed by atoms with Crippen LogP contribution >= 0.6 is 11.8 Å². The highest BCUT2D eigenvalue weighted by molar-refractivity contribution is 7.99. The van der Waals surface area contributed by atoms with Crippen molar-refractivity contribution in [1.29, 1.82) is 0 Å². The Labute approximate surface area is 153 Å². The van der Waals surface area contributed by atoms with Crippen LogP contribution in [0.15, 0.2) is 12.7 Å². The van der Waals surface area contributed by atoms with E-state index in [1.54, 1.807) is 0 Å². The number of nitrogen functional groups attached to an aromatic ring is 1. The van der Waals surface area contributed by atoms with Crippen molar-refractivity contribution in [3.05, 3.63) is 12.7 Å². The highest BCUT2D eigenvalue weighted by Crippen LogP contribution is 2.34. The van der Waals surface area contributed by atoms with Crippen molar-refractivity contribution in [2.45, 2.75) is 49.6 Å². The van der Waals surface area contributed by atoms with E-state index in [2.05, 4.69) is 15.0 Å². The Balaban J connectivity index is 1.73. The molecule has 5 unspecified atom stereocenters. The quantitative estimate of drug-likeness (QED) is 0.513. The summed E-state index contributed by atoms with van der Waals surface area (Å²) in [5, 5.41) is 29.6. The van der Waals surface area contributed by atoms with Gasteiger partial charge in [0, 0.05) is 11.0 Å². The van der Waals surface area contributed by atoms with Gasteiger partial charge in [-0.05, 0) is 6.42 Å². The predicted octanol–water partition coefficient (Wildman–Crippen LogP) is 0.0142. The van der Waals surface area contributed by atoms with E-state index in [-0.39, 0.29) is 17.5 Å². The smallest absolute Gasteiger partial charge is 0.304 e. The number of aliphatic hydroxyl groups is 2. The van der Waals surface area contributed by atoms with Gasteiger partial charge in [0.25, 0.3) is 0 Å². The van der Waals surface area contributed by atoms with Crippen LogP contribution in [-0.2, 0) is 9.53 Å². The standard InChI is InChI=1S/C15H21N5O5S/c1-2-7(3-9(21)22)26-4-8-11(23)12(24)15(25-8)20-6-19-10-13(16)17-5-18-14(10)20/h5-8,11-12,15,23-24H,2-4H2,1H3,(H,21,22)(H2,16,17,18). The number of nitrogens with two attached hydrogens (primary N) is 1. The van der Waals surface area contributed by atoms with Crippen LogP contribution in [0, 0.1) is 0 Å². The number of rotatable bonds is 7. The molecule has 0 amide bonds. The third-order valence-corrected chi connectivity index (χ3v) is 5.84. The van der Waals surface area contributed by atoms with Crippen molar-refractivity contribution in [3.8, 4) is 0 Å². The fourth-order valence-corrected chi connectivity index (χ4v) is 4.13. The number of imidazole rings is 1. The predicted molar refractivity (Wildman–Crippen MR) is 94.4 cm³/mol. The Kier molecular flexibility index (Phi) is 5.61. The maximum atomic E-state index is 10.9. The first-order chi connectivity index (χ1) is 12.4. The molecule has 10 nitrogen and oxygen atoms in total. The molecule has 0 radical (unpaired) electrons. The largest absolute Gasteiger partial charge is 0.481 e. The van der Waals surface area contributed by atoms with Crippen molar-refractivity contribution in [1.82, 2.24) is 19.5 Å². The lowest BCUT2D eigenvalue weighted by atomic mass is 10.1. The molecule has 5 atom stereocenters. The van der Waals surface area contributed by atoms with Gasteiger partial charge in [0.05, 0.1) is 18.9 Å². The average Bonchev–Trinajstić information content (AvgIpc) is 3.15. The van der Waals surface area contributed by atoms with E-state index in [1.165, 1.54) is 29.0 Å². The van der Waals surface area contributed by atoms with Crippen molar-refractivity contribution >= 4 is 34.7 Å². The van der Waals surface area contributed by atoms with Gasteiger partial charge >= 0.3 is 5.97 Å². The first-order valence-corrected chi connectivity index (χ1v) is 9.25.